The third-order valence-electron chi connectivity index (χ3n) is 3.88. The molecule has 1 N–H and O–H groups in total. The number of methoxy groups -OCH3 is 1. The zero-order chi connectivity index (χ0) is 13.6. The summed E-state index contributed by atoms with van der Waals surface area (Å²) < 4.78 is 7.18. The van der Waals surface area contributed by atoms with E-state index in [9.17, 15) is 4.79 Å². The van der Waals surface area contributed by atoms with Crippen molar-refractivity contribution in [3.05, 3.63) is 39.2 Å². The molecule has 100 valence electrons. The molecule has 0 atom stereocenters. The highest BCUT2D eigenvalue weighted by Crippen LogP contribution is 2.30. The molecule has 0 saturated carbocycles. The summed E-state index contributed by atoms with van der Waals surface area (Å²) in [6.07, 6.45) is 0.800. The third-order valence-corrected chi connectivity index (χ3v) is 3.88. The summed E-state index contributed by atoms with van der Waals surface area (Å²) in [5, 5.41) is 4.47. The summed E-state index contributed by atoms with van der Waals surface area (Å²) >= 11 is 0. The van der Waals surface area contributed by atoms with Gasteiger partial charge in [0.2, 0.25) is 0 Å². The van der Waals surface area contributed by atoms with Gasteiger partial charge >= 0.3 is 0 Å². The van der Waals surface area contributed by atoms with Gasteiger partial charge in [-0.1, -0.05) is 0 Å². The van der Waals surface area contributed by atoms with Gasteiger partial charge in [0.1, 0.15) is 5.75 Å². The Morgan fingerprint density at radius 2 is 2.11 bits per heavy atom. The highest BCUT2D eigenvalue weighted by Gasteiger charge is 2.20. The number of pyridine rings is 1. The van der Waals surface area contributed by atoms with Gasteiger partial charge in [0, 0.05) is 24.5 Å². The Bertz CT molecular complexity index is 716. The van der Waals surface area contributed by atoms with Crippen molar-refractivity contribution in [2.75, 3.05) is 13.7 Å². The summed E-state index contributed by atoms with van der Waals surface area (Å²) in [4.78, 5) is 12.5. The number of nitrogens with zero attached hydrogens (tertiary/aromatic N) is 1. The van der Waals surface area contributed by atoms with Gasteiger partial charge in [-0.2, -0.15) is 0 Å². The van der Waals surface area contributed by atoms with E-state index in [1.54, 1.807) is 11.7 Å². The Labute approximate surface area is 112 Å². The molecule has 3 rings (SSSR count). The first-order valence-corrected chi connectivity index (χ1v) is 6.53. The van der Waals surface area contributed by atoms with Gasteiger partial charge in [0.05, 0.1) is 12.6 Å². The maximum atomic E-state index is 12.5. The largest absolute Gasteiger partial charge is 0.495 e. The quantitative estimate of drug-likeness (QED) is 0.843. The van der Waals surface area contributed by atoms with E-state index >= 15 is 0 Å². The second kappa shape index (κ2) is 4.38. The zero-order valence-corrected chi connectivity index (χ0v) is 11.5. The molecule has 1 aromatic heterocycles. The van der Waals surface area contributed by atoms with Crippen LogP contribution in [0, 0.1) is 6.92 Å². The molecule has 0 saturated heterocycles. The summed E-state index contributed by atoms with van der Waals surface area (Å²) in [6, 6.07) is 4.12. The molecule has 2 heterocycles. The molecule has 1 aromatic carbocycles. The Morgan fingerprint density at radius 3 is 2.84 bits per heavy atom. The van der Waals surface area contributed by atoms with Gasteiger partial charge in [-0.3, -0.25) is 4.79 Å². The SMILES string of the molecule is COc1cc(C)cc2c3c(c(=O)n(C)c12)CCNC3. The molecule has 19 heavy (non-hydrogen) atoms. The van der Waals surface area contributed by atoms with Crippen LogP contribution in [0.3, 0.4) is 0 Å². The fourth-order valence-electron chi connectivity index (χ4n) is 2.96. The summed E-state index contributed by atoms with van der Waals surface area (Å²) in [5.41, 5.74) is 4.22. The van der Waals surface area contributed by atoms with E-state index in [-0.39, 0.29) is 5.56 Å². The maximum absolute atomic E-state index is 12.5. The van der Waals surface area contributed by atoms with Gasteiger partial charge < -0.3 is 14.6 Å². The molecule has 0 spiro atoms. The lowest BCUT2D eigenvalue weighted by molar-refractivity contribution is 0.417. The average molecular weight is 258 g/mol. The highest BCUT2D eigenvalue weighted by atomic mass is 16.5. The monoisotopic (exact) mass is 258 g/mol. The molecular formula is C15H18N2O2. The van der Waals surface area contributed by atoms with Crippen molar-refractivity contribution in [1.82, 2.24) is 9.88 Å². The minimum absolute atomic E-state index is 0.103. The maximum Gasteiger partial charge on any atom is 0.254 e. The number of benzene rings is 1. The van der Waals surface area contributed by atoms with Crippen molar-refractivity contribution in [2.45, 2.75) is 19.9 Å². The molecular weight excluding hydrogens is 240 g/mol. The van der Waals surface area contributed by atoms with Crippen LogP contribution in [-0.4, -0.2) is 18.2 Å². The van der Waals surface area contributed by atoms with Crippen LogP contribution >= 0.6 is 0 Å². The van der Waals surface area contributed by atoms with Crippen molar-refractivity contribution in [2.24, 2.45) is 7.05 Å². The summed E-state index contributed by atoms with van der Waals surface area (Å²) in [5.74, 6) is 0.767. The number of ether oxygens (including phenoxy) is 1. The van der Waals surface area contributed by atoms with E-state index in [0.717, 1.165) is 52.9 Å². The smallest absolute Gasteiger partial charge is 0.254 e. The number of hydrogen-bond acceptors (Lipinski definition) is 3. The zero-order valence-electron chi connectivity index (χ0n) is 11.5. The molecule has 2 aromatic rings. The highest BCUT2D eigenvalue weighted by molar-refractivity contribution is 5.89. The molecule has 0 unspecified atom stereocenters. The Morgan fingerprint density at radius 1 is 1.32 bits per heavy atom. The lowest BCUT2D eigenvalue weighted by Gasteiger charge is -2.21. The van der Waals surface area contributed by atoms with Crippen LogP contribution in [-0.2, 0) is 20.0 Å². The van der Waals surface area contributed by atoms with E-state index in [0.29, 0.717) is 0 Å². The second-order valence-corrected chi connectivity index (χ2v) is 5.11. The fraction of sp³-hybridized carbons (Fsp3) is 0.400. The van der Waals surface area contributed by atoms with E-state index in [2.05, 4.69) is 18.3 Å². The predicted molar refractivity (Wildman–Crippen MR) is 75.9 cm³/mol. The van der Waals surface area contributed by atoms with Gasteiger partial charge in [0.25, 0.3) is 5.56 Å². The van der Waals surface area contributed by atoms with E-state index in [1.165, 1.54) is 0 Å². The van der Waals surface area contributed by atoms with Crippen LogP contribution in [0.5, 0.6) is 5.75 Å². The van der Waals surface area contributed by atoms with Gasteiger partial charge in [-0.25, -0.2) is 0 Å². The van der Waals surface area contributed by atoms with Crippen molar-refractivity contribution in [1.29, 1.82) is 0 Å². The van der Waals surface area contributed by atoms with E-state index in [4.69, 9.17) is 4.74 Å². The molecule has 0 radical (unpaired) electrons. The van der Waals surface area contributed by atoms with Gasteiger partial charge in [-0.05, 0) is 43.1 Å². The number of hydrogen-bond donors (Lipinski definition) is 1. The molecule has 4 nitrogen and oxygen atoms in total. The third kappa shape index (κ3) is 1.75. The molecule has 4 heteroatoms. The van der Waals surface area contributed by atoms with Crippen LogP contribution in [0.25, 0.3) is 10.9 Å². The Balaban J connectivity index is 2.52. The number of aryl methyl sites for hydroxylation is 2. The van der Waals surface area contributed by atoms with Crippen LogP contribution in [0.15, 0.2) is 16.9 Å². The standard InChI is InChI=1S/C15H18N2O2/c1-9-6-11-12-8-16-5-4-10(12)15(18)17(2)14(11)13(7-9)19-3/h6-7,16H,4-5,8H2,1-3H3. The fourth-order valence-corrected chi connectivity index (χ4v) is 2.96. The lowest BCUT2D eigenvalue weighted by Crippen LogP contribution is -2.33. The van der Waals surface area contributed by atoms with Crippen molar-refractivity contribution in [3.63, 3.8) is 0 Å². The Hall–Kier alpha value is -1.81. The van der Waals surface area contributed by atoms with Crippen LogP contribution < -0.4 is 15.6 Å². The van der Waals surface area contributed by atoms with Crippen LogP contribution in [0.2, 0.25) is 0 Å². The molecule has 0 amide bonds. The predicted octanol–water partition coefficient (Wildman–Crippen LogP) is 1.50. The second-order valence-electron chi connectivity index (χ2n) is 5.11. The first-order valence-electron chi connectivity index (χ1n) is 6.53. The molecule has 0 aliphatic carbocycles. The van der Waals surface area contributed by atoms with Crippen LogP contribution in [0.1, 0.15) is 16.7 Å². The minimum Gasteiger partial charge on any atom is -0.495 e. The number of nitrogens with one attached hydrogen (secondary N) is 1. The van der Waals surface area contributed by atoms with E-state index < -0.39 is 0 Å². The van der Waals surface area contributed by atoms with Crippen LogP contribution in [0.4, 0.5) is 0 Å². The topological polar surface area (TPSA) is 43.3 Å². The number of rotatable bonds is 1. The van der Waals surface area contributed by atoms with E-state index in [1.807, 2.05) is 13.1 Å². The first-order chi connectivity index (χ1) is 9.13. The number of aromatic nitrogens is 1. The van der Waals surface area contributed by atoms with Gasteiger partial charge in [-0.15, -0.1) is 0 Å². The van der Waals surface area contributed by atoms with Crippen molar-refractivity contribution >= 4 is 10.9 Å². The minimum atomic E-state index is 0.103. The van der Waals surface area contributed by atoms with Gasteiger partial charge in [0.15, 0.2) is 0 Å². The molecule has 1 aliphatic rings. The van der Waals surface area contributed by atoms with Crippen molar-refractivity contribution in [3.8, 4) is 5.75 Å². The first kappa shape index (κ1) is 12.2. The van der Waals surface area contributed by atoms with Crippen molar-refractivity contribution < 1.29 is 4.74 Å². The summed E-state index contributed by atoms with van der Waals surface area (Å²) in [7, 11) is 3.47. The molecule has 0 bridgehead atoms. The molecule has 0 fully saturated rings. The lowest BCUT2D eigenvalue weighted by atomic mass is 9.96. The number of fused-ring (bicyclic) bond motifs is 3. The average Bonchev–Trinajstić information content (AvgIpc) is 2.43. The Kier molecular flexibility index (Phi) is 2.82. The summed E-state index contributed by atoms with van der Waals surface area (Å²) in [6.45, 7) is 3.68. The molecule has 1 aliphatic heterocycles. The normalized spacial score (nSPS) is 14.5.